The summed E-state index contributed by atoms with van der Waals surface area (Å²) in [5.74, 6) is -1.70. The van der Waals surface area contributed by atoms with Crippen molar-refractivity contribution < 1.29 is 47.4 Å². The highest BCUT2D eigenvalue weighted by Gasteiger charge is 2.61. The molecule has 0 radical (unpaired) electrons. The second-order valence-corrected chi connectivity index (χ2v) is 12.7. The van der Waals surface area contributed by atoms with Crippen LogP contribution in [-0.4, -0.2) is 86.1 Å². The maximum absolute atomic E-state index is 9.65. The van der Waals surface area contributed by atoms with Crippen molar-refractivity contribution in [3.05, 3.63) is 82.2 Å². The van der Waals surface area contributed by atoms with Crippen LogP contribution < -0.4 is 0 Å². The van der Waals surface area contributed by atoms with Gasteiger partial charge in [-0.1, -0.05) is 65.8 Å². The zero-order valence-electron chi connectivity index (χ0n) is 25.7. The number of nitrogens with zero attached hydrogens (tertiary/aromatic N) is 3. The van der Waals surface area contributed by atoms with E-state index >= 15 is 0 Å². The molecule has 2 aromatic carbocycles. The lowest BCUT2D eigenvalue weighted by molar-refractivity contribution is -0.351. The predicted octanol–water partition coefficient (Wildman–Crippen LogP) is 4.50. The predicted molar refractivity (Wildman–Crippen MR) is 155 cm³/mol. The lowest BCUT2D eigenvalue weighted by Gasteiger charge is -2.48. The van der Waals surface area contributed by atoms with Gasteiger partial charge >= 0.3 is 0 Å². The molecule has 11 atom stereocenters. The molecule has 13 nitrogen and oxygen atoms in total. The molecule has 0 amide bonds. The largest absolute Gasteiger partial charge is 0.370 e. The number of benzene rings is 2. The third kappa shape index (κ3) is 6.49. The zero-order valence-corrected chi connectivity index (χ0v) is 25.7. The van der Waals surface area contributed by atoms with Crippen molar-refractivity contribution in [2.75, 3.05) is 13.2 Å². The maximum atomic E-state index is 9.65. The molecule has 5 saturated heterocycles. The first kappa shape index (κ1) is 31.0. The fraction of sp³-hybridized carbons (Fsp3) is 0.625. The Morgan fingerprint density at radius 2 is 1.49 bits per heavy atom. The van der Waals surface area contributed by atoms with Crippen molar-refractivity contribution in [3.8, 4) is 0 Å². The molecule has 0 aliphatic carbocycles. The van der Waals surface area contributed by atoms with Crippen molar-refractivity contribution in [1.82, 2.24) is 0 Å². The summed E-state index contributed by atoms with van der Waals surface area (Å²) in [6.07, 6.45) is -6.14. The molecule has 1 unspecified atom stereocenters. The first-order valence-corrected chi connectivity index (χ1v) is 15.4. The van der Waals surface area contributed by atoms with Gasteiger partial charge in [0.15, 0.2) is 30.4 Å². The zero-order chi connectivity index (χ0) is 31.2. The number of fused-ring (bicyclic) bond motifs is 4. The van der Waals surface area contributed by atoms with Crippen LogP contribution in [0.5, 0.6) is 0 Å². The molecule has 2 aromatic rings. The Balaban J connectivity index is 1.11. The van der Waals surface area contributed by atoms with Gasteiger partial charge in [0.25, 0.3) is 0 Å². The molecule has 5 aliphatic heterocycles. The van der Waals surface area contributed by atoms with Gasteiger partial charge in [-0.05, 0) is 38.8 Å². The van der Waals surface area contributed by atoms with Crippen LogP contribution in [0.1, 0.15) is 45.1 Å². The van der Waals surface area contributed by atoms with Crippen molar-refractivity contribution in [2.24, 2.45) is 5.11 Å². The van der Waals surface area contributed by atoms with E-state index in [0.717, 1.165) is 11.1 Å². The molecule has 13 heteroatoms. The van der Waals surface area contributed by atoms with E-state index in [2.05, 4.69) is 10.0 Å². The first-order valence-electron chi connectivity index (χ1n) is 15.4. The highest BCUT2D eigenvalue weighted by atomic mass is 16.9. The van der Waals surface area contributed by atoms with E-state index in [1.54, 1.807) is 0 Å². The maximum Gasteiger partial charge on any atom is 0.190 e. The molecule has 0 N–H and O–H groups in total. The van der Waals surface area contributed by atoms with Gasteiger partial charge in [-0.2, -0.15) is 0 Å². The Hall–Kier alpha value is -2.65. The van der Waals surface area contributed by atoms with E-state index in [4.69, 9.17) is 47.4 Å². The molecule has 5 heterocycles. The fourth-order valence-electron chi connectivity index (χ4n) is 6.63. The van der Waals surface area contributed by atoms with Gasteiger partial charge in [0.2, 0.25) is 0 Å². The molecule has 0 spiro atoms. The second-order valence-electron chi connectivity index (χ2n) is 12.7. The van der Waals surface area contributed by atoms with E-state index in [-0.39, 0.29) is 19.8 Å². The molecule has 7 rings (SSSR count). The van der Waals surface area contributed by atoms with Crippen molar-refractivity contribution in [1.29, 1.82) is 0 Å². The van der Waals surface area contributed by atoms with E-state index in [1.807, 2.05) is 88.4 Å². The van der Waals surface area contributed by atoms with Crippen LogP contribution in [-0.2, 0) is 54.0 Å². The summed E-state index contributed by atoms with van der Waals surface area (Å²) in [5, 5.41) is 4.12. The molecule has 5 fully saturated rings. The summed E-state index contributed by atoms with van der Waals surface area (Å²) >= 11 is 0. The Labute approximate surface area is 261 Å². The molecule has 5 aliphatic rings. The standard InChI is InChI=1S/C32H39N3O10/c1-31(2)42-24-21(40-30-27(26(24)43-31)44-32(3,4)45-30)17-38-29-22(34-35-33)25(36-15-18-11-7-5-8-12-18)23-20(39-29)16-37-28(41-23)19-13-9-6-10-14-19/h5-14,20-30H,15-17H2,1-4H3/t20-,21-,22+,23-,24+,25-,26+,27-,28?,29-,30-/m1/s1. The highest BCUT2D eigenvalue weighted by Crippen LogP contribution is 2.45. The van der Waals surface area contributed by atoms with E-state index in [0.29, 0.717) is 0 Å². The van der Waals surface area contributed by atoms with Crippen LogP contribution in [0, 0.1) is 0 Å². The Kier molecular flexibility index (Phi) is 8.61. The average Bonchev–Trinajstić information content (AvgIpc) is 3.53. The second kappa shape index (κ2) is 12.5. The summed E-state index contributed by atoms with van der Waals surface area (Å²) in [6, 6.07) is 18.5. The van der Waals surface area contributed by atoms with Gasteiger partial charge in [0.05, 0.1) is 19.8 Å². The lowest BCUT2D eigenvalue weighted by Crippen LogP contribution is -2.63. The summed E-state index contributed by atoms with van der Waals surface area (Å²) in [5.41, 5.74) is 11.5. The van der Waals surface area contributed by atoms with Gasteiger partial charge in [-0.25, -0.2) is 0 Å². The third-order valence-corrected chi connectivity index (χ3v) is 8.52. The van der Waals surface area contributed by atoms with Crippen molar-refractivity contribution >= 4 is 0 Å². The van der Waals surface area contributed by atoms with Gasteiger partial charge in [-0.3, -0.25) is 0 Å². The van der Waals surface area contributed by atoms with Crippen LogP contribution in [0.25, 0.3) is 10.4 Å². The summed E-state index contributed by atoms with van der Waals surface area (Å²) in [7, 11) is 0. The number of hydrogen-bond donors (Lipinski definition) is 0. The topological polar surface area (TPSA) is 141 Å². The molecule has 242 valence electrons. The quantitative estimate of drug-likeness (QED) is 0.234. The monoisotopic (exact) mass is 625 g/mol. The minimum Gasteiger partial charge on any atom is -0.370 e. The molecular weight excluding hydrogens is 586 g/mol. The number of rotatable bonds is 8. The van der Waals surface area contributed by atoms with Crippen molar-refractivity contribution in [3.63, 3.8) is 0 Å². The fourth-order valence-corrected chi connectivity index (χ4v) is 6.63. The third-order valence-electron chi connectivity index (χ3n) is 8.52. The van der Waals surface area contributed by atoms with Crippen molar-refractivity contribution in [2.45, 2.75) is 114 Å². The van der Waals surface area contributed by atoms with E-state index < -0.39 is 79.2 Å². The van der Waals surface area contributed by atoms with Crippen LogP contribution in [0.4, 0.5) is 0 Å². The molecule has 45 heavy (non-hydrogen) atoms. The highest BCUT2D eigenvalue weighted by molar-refractivity contribution is 5.17. The molecule has 0 saturated carbocycles. The van der Waals surface area contributed by atoms with Crippen LogP contribution >= 0.6 is 0 Å². The molecule has 0 aromatic heterocycles. The normalized spacial score (nSPS) is 39.7. The van der Waals surface area contributed by atoms with Crippen LogP contribution in [0.15, 0.2) is 65.8 Å². The lowest BCUT2D eigenvalue weighted by atomic mass is 9.95. The molecular formula is C32H39N3O10. The van der Waals surface area contributed by atoms with E-state index in [9.17, 15) is 5.53 Å². The smallest absolute Gasteiger partial charge is 0.190 e. The first-order chi connectivity index (χ1) is 21.7. The summed E-state index contributed by atoms with van der Waals surface area (Å²) < 4.78 is 62.7. The molecule has 0 bridgehead atoms. The number of azide groups is 1. The van der Waals surface area contributed by atoms with Gasteiger partial charge in [0.1, 0.15) is 48.8 Å². The van der Waals surface area contributed by atoms with Gasteiger partial charge in [-0.15, -0.1) is 0 Å². The van der Waals surface area contributed by atoms with Gasteiger partial charge in [0, 0.05) is 10.5 Å². The average molecular weight is 626 g/mol. The Morgan fingerprint density at radius 3 is 2.24 bits per heavy atom. The Bertz CT molecular complexity index is 1360. The van der Waals surface area contributed by atoms with E-state index in [1.165, 1.54) is 0 Å². The summed E-state index contributed by atoms with van der Waals surface area (Å²) in [4.78, 5) is 3.14. The summed E-state index contributed by atoms with van der Waals surface area (Å²) in [6.45, 7) is 7.89. The minimum absolute atomic E-state index is 0.0346. The minimum atomic E-state index is -0.990. The SMILES string of the molecule is CC1(C)O[C@H]2[C@@H](O1)[C@@H](CO[C@@H]1O[C@@H]3COC(c4ccccc4)O[C@H]3[C@H](OCc3ccccc3)[C@@H]1N=[N+]=[N-])O[C@@H]1OC(C)(C)O[C@@H]12. The van der Waals surface area contributed by atoms with Gasteiger partial charge < -0.3 is 47.4 Å². The van der Waals surface area contributed by atoms with Crippen LogP contribution in [0.2, 0.25) is 0 Å². The Morgan fingerprint density at radius 1 is 0.800 bits per heavy atom. The number of ether oxygens (including phenoxy) is 10. The van der Waals surface area contributed by atoms with Crippen LogP contribution in [0.3, 0.4) is 0 Å². The number of hydrogen-bond acceptors (Lipinski definition) is 11.